The minimum atomic E-state index is -0.632. The normalized spacial score (nSPS) is 16.9. The van der Waals surface area contributed by atoms with Crippen molar-refractivity contribution in [3.63, 3.8) is 0 Å². The molecule has 10 heteroatoms. The number of likely N-dealkylation sites (N-methyl/N-ethyl adjacent to an activating group) is 1. The Morgan fingerprint density at radius 1 is 1.13 bits per heavy atom. The van der Waals surface area contributed by atoms with Crippen molar-refractivity contribution in [3.05, 3.63) is 88.5 Å². The van der Waals surface area contributed by atoms with Gasteiger partial charge in [0, 0.05) is 55.4 Å². The predicted octanol–water partition coefficient (Wildman–Crippen LogP) is 3.40. The van der Waals surface area contributed by atoms with Gasteiger partial charge in [0.2, 0.25) is 5.91 Å². The number of halogens is 1. The molecular formula is C28H30FN7O2. The smallest absolute Gasteiger partial charge is 0.256 e. The highest BCUT2D eigenvalue weighted by atomic mass is 19.1. The lowest BCUT2D eigenvalue weighted by atomic mass is 10.1. The van der Waals surface area contributed by atoms with Gasteiger partial charge in [0.25, 0.3) is 5.56 Å². The highest BCUT2D eigenvalue weighted by Gasteiger charge is 2.22. The van der Waals surface area contributed by atoms with E-state index in [1.165, 1.54) is 16.7 Å². The van der Waals surface area contributed by atoms with Crippen LogP contribution < -0.4 is 26.4 Å². The molecule has 0 bridgehead atoms. The van der Waals surface area contributed by atoms with Crippen LogP contribution in [0.5, 0.6) is 0 Å². The maximum absolute atomic E-state index is 15.0. The standard InChI is InChI=1S/C28H30FN7O2/c1-4-25(37)31-19-6-5-7-21(15-19)36-26(38)14-18(2)22-17-30-28(33-27(22)36)32-20-8-9-24(23(29)16-20)35-12-10-34(3)11-13-35/h4-9,14-17,28,32-33H,1,10-13H2,2-3H3,(H,31,37). The lowest BCUT2D eigenvalue weighted by molar-refractivity contribution is -0.111. The summed E-state index contributed by atoms with van der Waals surface area (Å²) in [6.45, 7) is 8.66. The van der Waals surface area contributed by atoms with Crippen molar-refractivity contribution in [1.29, 1.82) is 0 Å². The van der Waals surface area contributed by atoms with Crippen LogP contribution >= 0.6 is 0 Å². The molecule has 2 aromatic carbocycles. The number of rotatable bonds is 6. The Bertz CT molecular complexity index is 1470. The van der Waals surface area contributed by atoms with E-state index < -0.39 is 6.29 Å². The lowest BCUT2D eigenvalue weighted by Gasteiger charge is -2.34. The molecule has 196 valence electrons. The van der Waals surface area contributed by atoms with Crippen molar-refractivity contribution in [2.24, 2.45) is 4.99 Å². The number of nitrogens with one attached hydrogen (secondary N) is 3. The molecule has 2 aliphatic heterocycles. The number of nitrogens with zero attached hydrogens (tertiary/aromatic N) is 4. The van der Waals surface area contributed by atoms with Crippen molar-refractivity contribution in [2.75, 3.05) is 54.1 Å². The van der Waals surface area contributed by atoms with E-state index in [9.17, 15) is 9.59 Å². The van der Waals surface area contributed by atoms with E-state index in [0.29, 0.717) is 28.6 Å². The first-order chi connectivity index (χ1) is 18.3. The number of anilines is 4. The Hall–Kier alpha value is -4.44. The highest BCUT2D eigenvalue weighted by Crippen LogP contribution is 2.28. The first-order valence-electron chi connectivity index (χ1n) is 12.4. The average molecular weight is 516 g/mol. The third kappa shape index (κ3) is 5.16. The summed E-state index contributed by atoms with van der Waals surface area (Å²) in [5.74, 6) is -0.101. The number of pyridine rings is 1. The lowest BCUT2D eigenvalue weighted by Crippen LogP contribution is -2.44. The Morgan fingerprint density at radius 3 is 2.66 bits per heavy atom. The van der Waals surface area contributed by atoms with Gasteiger partial charge >= 0.3 is 0 Å². The first-order valence-corrected chi connectivity index (χ1v) is 12.4. The van der Waals surface area contributed by atoms with Gasteiger partial charge in [-0.3, -0.25) is 14.2 Å². The van der Waals surface area contributed by atoms with E-state index >= 15 is 4.39 Å². The second-order valence-corrected chi connectivity index (χ2v) is 9.43. The van der Waals surface area contributed by atoms with Gasteiger partial charge in [-0.05, 0) is 62.0 Å². The van der Waals surface area contributed by atoms with Crippen LogP contribution in [0.1, 0.15) is 11.1 Å². The average Bonchev–Trinajstić information content (AvgIpc) is 2.89. The Labute approximate surface area is 220 Å². The molecule has 1 amide bonds. The second kappa shape index (κ2) is 10.5. The van der Waals surface area contributed by atoms with Crippen molar-refractivity contribution in [2.45, 2.75) is 13.2 Å². The maximum atomic E-state index is 15.0. The molecule has 0 aliphatic carbocycles. The number of hydrogen-bond acceptors (Lipinski definition) is 7. The summed E-state index contributed by atoms with van der Waals surface area (Å²) < 4.78 is 16.6. The quantitative estimate of drug-likeness (QED) is 0.436. The van der Waals surface area contributed by atoms with Crippen LogP contribution in [-0.2, 0) is 4.79 Å². The van der Waals surface area contributed by atoms with Crippen molar-refractivity contribution >= 4 is 35.0 Å². The van der Waals surface area contributed by atoms with Crippen LogP contribution in [0.4, 0.5) is 27.3 Å². The fourth-order valence-corrected chi connectivity index (χ4v) is 4.67. The summed E-state index contributed by atoms with van der Waals surface area (Å²) in [6, 6.07) is 13.6. The van der Waals surface area contributed by atoms with Crippen molar-refractivity contribution in [1.82, 2.24) is 9.47 Å². The number of fused-ring (bicyclic) bond motifs is 1. The van der Waals surface area contributed by atoms with E-state index in [4.69, 9.17) is 0 Å². The zero-order chi connectivity index (χ0) is 26.8. The summed E-state index contributed by atoms with van der Waals surface area (Å²) >= 11 is 0. The molecule has 1 fully saturated rings. The van der Waals surface area contributed by atoms with E-state index in [0.717, 1.165) is 37.3 Å². The fourth-order valence-electron chi connectivity index (χ4n) is 4.67. The Balaban J connectivity index is 1.40. The number of amides is 1. The summed E-state index contributed by atoms with van der Waals surface area (Å²) in [7, 11) is 2.06. The molecule has 9 nitrogen and oxygen atoms in total. The largest absolute Gasteiger partial charge is 0.367 e. The van der Waals surface area contributed by atoms with Gasteiger partial charge < -0.3 is 25.8 Å². The molecule has 0 spiro atoms. The number of aromatic nitrogens is 1. The molecule has 0 radical (unpaired) electrons. The Morgan fingerprint density at radius 2 is 1.92 bits per heavy atom. The molecule has 38 heavy (non-hydrogen) atoms. The van der Waals surface area contributed by atoms with Crippen LogP contribution in [0.3, 0.4) is 0 Å². The zero-order valence-electron chi connectivity index (χ0n) is 21.4. The summed E-state index contributed by atoms with van der Waals surface area (Å²) in [5, 5.41) is 9.20. The zero-order valence-corrected chi connectivity index (χ0v) is 21.4. The van der Waals surface area contributed by atoms with E-state index in [1.807, 2.05) is 13.0 Å². The molecule has 3 heterocycles. The maximum Gasteiger partial charge on any atom is 0.256 e. The predicted molar refractivity (Wildman–Crippen MR) is 150 cm³/mol. The van der Waals surface area contributed by atoms with Crippen LogP contribution in [0.15, 0.2) is 71.0 Å². The molecular weight excluding hydrogens is 485 g/mol. The van der Waals surface area contributed by atoms with E-state index in [1.54, 1.807) is 42.6 Å². The minimum Gasteiger partial charge on any atom is -0.367 e. The van der Waals surface area contributed by atoms with Gasteiger partial charge in [-0.2, -0.15) is 0 Å². The van der Waals surface area contributed by atoms with Crippen LogP contribution in [0.25, 0.3) is 5.69 Å². The number of hydrogen-bond donors (Lipinski definition) is 3. The molecule has 1 unspecified atom stereocenters. The molecule has 1 aromatic heterocycles. The van der Waals surface area contributed by atoms with Gasteiger partial charge in [-0.15, -0.1) is 0 Å². The topological polar surface area (TPSA) is 94.0 Å². The van der Waals surface area contributed by atoms with Gasteiger partial charge in [-0.25, -0.2) is 9.38 Å². The molecule has 3 N–H and O–H groups in total. The number of piperazine rings is 1. The van der Waals surface area contributed by atoms with Gasteiger partial charge in [0.15, 0.2) is 6.29 Å². The molecule has 3 aromatic rings. The highest BCUT2D eigenvalue weighted by molar-refractivity contribution is 5.99. The summed E-state index contributed by atoms with van der Waals surface area (Å²) in [4.78, 5) is 33.7. The SMILES string of the molecule is C=CC(=O)Nc1cccc(-n2c3c(c(C)cc2=O)C=NC(Nc2ccc(N4CCN(C)CC4)c(F)c2)N3)c1. The number of aliphatic imine (C=N–C) groups is 1. The third-order valence-electron chi connectivity index (χ3n) is 6.74. The van der Waals surface area contributed by atoms with Crippen LogP contribution in [-0.4, -0.2) is 61.1 Å². The summed E-state index contributed by atoms with van der Waals surface area (Å²) in [5.41, 5.74) is 3.55. The van der Waals surface area contributed by atoms with Crippen molar-refractivity contribution < 1.29 is 9.18 Å². The second-order valence-electron chi connectivity index (χ2n) is 9.43. The molecule has 5 rings (SSSR count). The number of aryl methyl sites for hydroxylation is 1. The van der Waals surface area contributed by atoms with Gasteiger partial charge in [-0.1, -0.05) is 12.6 Å². The number of carbonyl (C=O) groups excluding carboxylic acids is 1. The van der Waals surface area contributed by atoms with Crippen LogP contribution in [0, 0.1) is 12.7 Å². The molecule has 1 saturated heterocycles. The van der Waals surface area contributed by atoms with Gasteiger partial charge in [0.05, 0.1) is 11.4 Å². The number of carbonyl (C=O) groups is 1. The van der Waals surface area contributed by atoms with E-state index in [2.05, 4.69) is 44.4 Å². The molecule has 0 saturated carbocycles. The molecule has 1 atom stereocenters. The van der Waals surface area contributed by atoms with Gasteiger partial charge in [0.1, 0.15) is 11.6 Å². The number of benzene rings is 2. The minimum absolute atomic E-state index is 0.238. The van der Waals surface area contributed by atoms with Crippen LogP contribution in [0.2, 0.25) is 0 Å². The van der Waals surface area contributed by atoms with E-state index in [-0.39, 0.29) is 17.3 Å². The first kappa shape index (κ1) is 25.2. The fraction of sp³-hybridized carbons (Fsp3) is 0.250. The molecule has 2 aliphatic rings. The Kier molecular flexibility index (Phi) is 6.97. The van der Waals surface area contributed by atoms with Crippen molar-refractivity contribution in [3.8, 4) is 5.69 Å². The third-order valence-corrected chi connectivity index (χ3v) is 6.74. The summed E-state index contributed by atoms with van der Waals surface area (Å²) in [6.07, 6.45) is 2.25. The monoisotopic (exact) mass is 515 g/mol.